The smallest absolute Gasteiger partial charge is 0.293 e. The third-order valence-electron chi connectivity index (χ3n) is 3.17. The fourth-order valence-corrected chi connectivity index (χ4v) is 2.01. The molecule has 1 aromatic rings. The Hall–Kier alpha value is -1.32. The van der Waals surface area contributed by atoms with Crippen LogP contribution in [0.3, 0.4) is 0 Å². The van der Waals surface area contributed by atoms with E-state index >= 15 is 0 Å². The number of hydrogen-bond donors (Lipinski definition) is 1. The normalized spacial score (nSPS) is 17.2. The molecule has 1 aliphatic carbocycles. The molecule has 1 aliphatic rings. The molecule has 1 heterocycles. The number of rotatable bonds is 5. The van der Waals surface area contributed by atoms with Crippen molar-refractivity contribution >= 4 is 5.82 Å². The summed E-state index contributed by atoms with van der Waals surface area (Å²) < 4.78 is 1.74. The van der Waals surface area contributed by atoms with Gasteiger partial charge in [0, 0.05) is 25.0 Å². The van der Waals surface area contributed by atoms with Gasteiger partial charge in [0.05, 0.1) is 0 Å². The molecule has 0 spiro atoms. The van der Waals surface area contributed by atoms with Crippen LogP contribution in [0.5, 0.6) is 0 Å². The Labute approximate surface area is 102 Å². The number of nitrogens with one attached hydrogen (secondary N) is 1. The first-order valence-electron chi connectivity index (χ1n) is 6.40. The second-order valence-corrected chi connectivity index (χ2v) is 5.40. The minimum absolute atomic E-state index is 0.00583. The van der Waals surface area contributed by atoms with E-state index in [1.165, 1.54) is 12.8 Å². The Bertz CT molecular complexity index is 435. The van der Waals surface area contributed by atoms with Gasteiger partial charge >= 0.3 is 0 Å². The highest BCUT2D eigenvalue weighted by atomic mass is 16.1. The summed E-state index contributed by atoms with van der Waals surface area (Å²) >= 11 is 0. The average molecular weight is 235 g/mol. The molecule has 1 fully saturated rings. The molecule has 0 amide bonds. The molecule has 1 atom stereocenters. The predicted molar refractivity (Wildman–Crippen MR) is 69.1 cm³/mol. The fraction of sp³-hybridized carbons (Fsp3) is 0.692. The molecule has 0 aromatic carbocycles. The summed E-state index contributed by atoms with van der Waals surface area (Å²) in [4.78, 5) is 16.3. The monoisotopic (exact) mass is 235 g/mol. The van der Waals surface area contributed by atoms with Crippen molar-refractivity contribution in [2.24, 2.45) is 11.8 Å². The highest BCUT2D eigenvalue weighted by Gasteiger charge is 2.28. The van der Waals surface area contributed by atoms with Crippen molar-refractivity contribution in [3.63, 3.8) is 0 Å². The van der Waals surface area contributed by atoms with E-state index in [0.29, 0.717) is 17.8 Å². The zero-order valence-electron chi connectivity index (χ0n) is 10.8. The quantitative estimate of drug-likeness (QED) is 0.850. The van der Waals surface area contributed by atoms with Crippen LogP contribution < -0.4 is 10.9 Å². The van der Waals surface area contributed by atoms with Crippen molar-refractivity contribution in [1.82, 2.24) is 9.55 Å². The van der Waals surface area contributed by atoms with Crippen molar-refractivity contribution in [1.29, 1.82) is 0 Å². The first kappa shape index (κ1) is 12.1. The molecule has 4 heteroatoms. The minimum Gasteiger partial charge on any atom is -0.363 e. The van der Waals surface area contributed by atoms with E-state index in [9.17, 15) is 4.79 Å². The third kappa shape index (κ3) is 3.08. The Morgan fingerprint density at radius 2 is 2.18 bits per heavy atom. The molecule has 0 bridgehead atoms. The largest absolute Gasteiger partial charge is 0.363 e. The van der Waals surface area contributed by atoms with E-state index in [1.54, 1.807) is 17.0 Å². The van der Waals surface area contributed by atoms with Crippen molar-refractivity contribution in [2.45, 2.75) is 46.2 Å². The molecule has 1 saturated carbocycles. The van der Waals surface area contributed by atoms with Gasteiger partial charge in [-0.1, -0.05) is 13.8 Å². The molecule has 4 nitrogen and oxygen atoms in total. The molecule has 1 aromatic heterocycles. The molecular weight excluding hydrogens is 214 g/mol. The molecule has 1 N–H and O–H groups in total. The number of aromatic nitrogens is 2. The van der Waals surface area contributed by atoms with Gasteiger partial charge in [0.15, 0.2) is 5.82 Å². The van der Waals surface area contributed by atoms with Crippen LogP contribution in [-0.2, 0) is 6.54 Å². The highest BCUT2D eigenvalue weighted by Crippen LogP contribution is 2.33. The molecule has 2 rings (SSSR count). The summed E-state index contributed by atoms with van der Waals surface area (Å²) in [6.07, 6.45) is 5.99. The Morgan fingerprint density at radius 3 is 2.76 bits per heavy atom. The van der Waals surface area contributed by atoms with Crippen LogP contribution in [0.25, 0.3) is 0 Å². The first-order chi connectivity index (χ1) is 8.08. The summed E-state index contributed by atoms with van der Waals surface area (Å²) in [5.41, 5.74) is -0.00583. The number of nitrogens with zero attached hydrogens (tertiary/aromatic N) is 2. The summed E-state index contributed by atoms with van der Waals surface area (Å²) in [6.45, 7) is 7.08. The lowest BCUT2D eigenvalue weighted by atomic mass is 10.2. The molecule has 0 radical (unpaired) electrons. The topological polar surface area (TPSA) is 46.9 Å². The molecule has 0 saturated heterocycles. The lowest BCUT2D eigenvalue weighted by Crippen LogP contribution is -2.29. The fourth-order valence-electron chi connectivity index (χ4n) is 2.01. The summed E-state index contributed by atoms with van der Waals surface area (Å²) in [6, 6.07) is 0.352. The Morgan fingerprint density at radius 1 is 1.47 bits per heavy atom. The van der Waals surface area contributed by atoms with Gasteiger partial charge in [-0.3, -0.25) is 4.79 Å². The summed E-state index contributed by atoms with van der Waals surface area (Å²) in [5.74, 6) is 1.67. The third-order valence-corrected chi connectivity index (χ3v) is 3.17. The molecule has 1 unspecified atom stereocenters. The van der Waals surface area contributed by atoms with E-state index in [1.807, 2.05) is 0 Å². The first-order valence-corrected chi connectivity index (χ1v) is 6.40. The van der Waals surface area contributed by atoms with Crippen LogP contribution in [0.2, 0.25) is 0 Å². The maximum atomic E-state index is 12.1. The SMILES string of the molecule is CC(C)Cn1ccnc(NC(C)C2CC2)c1=O. The average Bonchev–Trinajstić information content (AvgIpc) is 3.06. The van der Waals surface area contributed by atoms with Crippen LogP contribution in [0.15, 0.2) is 17.2 Å². The van der Waals surface area contributed by atoms with E-state index < -0.39 is 0 Å². The second kappa shape index (κ2) is 4.90. The van der Waals surface area contributed by atoms with Gasteiger partial charge in [-0.05, 0) is 31.6 Å². The zero-order chi connectivity index (χ0) is 12.4. The maximum Gasteiger partial charge on any atom is 0.293 e. The van der Waals surface area contributed by atoms with Crippen molar-refractivity contribution in [3.8, 4) is 0 Å². The molecule has 94 valence electrons. The van der Waals surface area contributed by atoms with Gasteiger partial charge < -0.3 is 9.88 Å². The Kier molecular flexibility index (Phi) is 3.50. The lowest BCUT2D eigenvalue weighted by molar-refractivity contribution is 0.509. The predicted octanol–water partition coefficient (Wildman–Crippen LogP) is 2.11. The van der Waals surface area contributed by atoms with Crippen LogP contribution in [0.1, 0.15) is 33.6 Å². The number of hydrogen-bond acceptors (Lipinski definition) is 3. The summed E-state index contributed by atoms with van der Waals surface area (Å²) in [5, 5.41) is 3.24. The van der Waals surface area contributed by atoms with Crippen LogP contribution >= 0.6 is 0 Å². The van der Waals surface area contributed by atoms with Gasteiger partial charge in [-0.25, -0.2) is 4.98 Å². The van der Waals surface area contributed by atoms with Gasteiger partial charge in [0.2, 0.25) is 0 Å². The zero-order valence-corrected chi connectivity index (χ0v) is 10.8. The van der Waals surface area contributed by atoms with E-state index in [4.69, 9.17) is 0 Å². The van der Waals surface area contributed by atoms with Gasteiger partial charge in [-0.2, -0.15) is 0 Å². The van der Waals surface area contributed by atoms with Gasteiger partial charge in [0.25, 0.3) is 5.56 Å². The van der Waals surface area contributed by atoms with E-state index in [0.717, 1.165) is 12.5 Å². The molecule has 0 aliphatic heterocycles. The summed E-state index contributed by atoms with van der Waals surface area (Å²) in [7, 11) is 0. The minimum atomic E-state index is -0.00583. The van der Waals surface area contributed by atoms with E-state index in [-0.39, 0.29) is 5.56 Å². The Balaban J connectivity index is 2.13. The van der Waals surface area contributed by atoms with Gasteiger partial charge in [-0.15, -0.1) is 0 Å². The molecular formula is C13H21N3O. The standard InChI is InChI=1S/C13H21N3O/c1-9(2)8-16-7-6-14-12(13(16)17)15-10(3)11-4-5-11/h6-7,9-11H,4-5,8H2,1-3H3,(H,14,15). The maximum absolute atomic E-state index is 12.1. The van der Waals surface area contributed by atoms with Crippen molar-refractivity contribution < 1.29 is 0 Å². The number of anilines is 1. The van der Waals surface area contributed by atoms with Crippen LogP contribution in [0, 0.1) is 11.8 Å². The van der Waals surface area contributed by atoms with Crippen molar-refractivity contribution in [3.05, 3.63) is 22.7 Å². The van der Waals surface area contributed by atoms with Gasteiger partial charge in [0.1, 0.15) is 0 Å². The molecule has 17 heavy (non-hydrogen) atoms. The van der Waals surface area contributed by atoms with Crippen LogP contribution in [-0.4, -0.2) is 15.6 Å². The van der Waals surface area contributed by atoms with Crippen LogP contribution in [0.4, 0.5) is 5.82 Å². The lowest BCUT2D eigenvalue weighted by Gasteiger charge is -2.14. The highest BCUT2D eigenvalue weighted by molar-refractivity contribution is 5.32. The van der Waals surface area contributed by atoms with E-state index in [2.05, 4.69) is 31.1 Å². The van der Waals surface area contributed by atoms with Crippen molar-refractivity contribution in [2.75, 3.05) is 5.32 Å². The second-order valence-electron chi connectivity index (χ2n) is 5.40.